The van der Waals surface area contributed by atoms with Crippen LogP contribution in [0, 0.1) is 0 Å². The monoisotopic (exact) mass is 364 g/mol. The number of hydrogen-bond acceptors (Lipinski definition) is 3. The van der Waals surface area contributed by atoms with Gasteiger partial charge in [-0.2, -0.15) is 5.10 Å². The number of aromatic nitrogens is 2. The third-order valence-electron chi connectivity index (χ3n) is 5.16. The maximum Gasteiger partial charge on any atom is 0.133 e. The van der Waals surface area contributed by atoms with Crippen LogP contribution in [-0.2, 0) is 6.42 Å². The van der Waals surface area contributed by atoms with Crippen molar-refractivity contribution in [3.8, 4) is 5.69 Å². The first kappa shape index (κ1) is 16.2. The quantitative estimate of drug-likeness (QED) is 0.856. The average Bonchev–Trinajstić information content (AvgIpc) is 3.18. The summed E-state index contributed by atoms with van der Waals surface area (Å²) in [6, 6.07) is 6.01. The van der Waals surface area contributed by atoms with Gasteiger partial charge in [0.1, 0.15) is 5.82 Å². The molecule has 2 aromatic rings. The summed E-state index contributed by atoms with van der Waals surface area (Å²) in [6.07, 6.45) is 4.78. The molecule has 1 atom stereocenters. The lowest BCUT2D eigenvalue weighted by molar-refractivity contribution is 0.153. The summed E-state index contributed by atoms with van der Waals surface area (Å²) in [4.78, 5) is 2.55. The Hall–Kier alpha value is -1.23. The zero-order chi connectivity index (χ0) is 16.7. The van der Waals surface area contributed by atoms with Gasteiger partial charge in [-0.25, -0.2) is 4.68 Å². The second-order valence-corrected chi connectivity index (χ2v) is 7.38. The number of piperidine rings is 1. The van der Waals surface area contributed by atoms with Gasteiger partial charge < -0.3 is 5.32 Å². The summed E-state index contributed by atoms with van der Waals surface area (Å²) >= 11 is 12.5. The molecule has 0 spiro atoms. The van der Waals surface area contributed by atoms with Gasteiger partial charge in [0.2, 0.25) is 0 Å². The van der Waals surface area contributed by atoms with Crippen molar-refractivity contribution in [3.05, 3.63) is 39.5 Å². The molecule has 1 N–H and O–H groups in total. The van der Waals surface area contributed by atoms with Crippen molar-refractivity contribution in [1.29, 1.82) is 0 Å². The van der Waals surface area contributed by atoms with Crippen LogP contribution < -0.4 is 5.32 Å². The van der Waals surface area contributed by atoms with Crippen molar-refractivity contribution >= 4 is 29.0 Å². The Kier molecular flexibility index (Phi) is 4.46. The van der Waals surface area contributed by atoms with Gasteiger partial charge >= 0.3 is 0 Å². The first-order valence-corrected chi connectivity index (χ1v) is 9.49. The molecule has 0 bridgehead atoms. The van der Waals surface area contributed by atoms with E-state index in [-0.39, 0.29) is 0 Å². The molecule has 0 amide bonds. The second-order valence-electron chi connectivity index (χ2n) is 6.54. The minimum Gasteiger partial charge on any atom is -0.369 e. The summed E-state index contributed by atoms with van der Waals surface area (Å²) in [5.41, 5.74) is 3.46. The molecule has 1 saturated heterocycles. The molecular weight excluding hydrogens is 343 g/mol. The Morgan fingerprint density at radius 1 is 1.29 bits per heavy atom. The second kappa shape index (κ2) is 6.58. The van der Waals surface area contributed by atoms with Crippen molar-refractivity contribution in [2.75, 3.05) is 25.0 Å². The zero-order valence-electron chi connectivity index (χ0n) is 13.9. The predicted molar refractivity (Wildman–Crippen MR) is 99.6 cm³/mol. The Balaban J connectivity index is 1.80. The highest BCUT2D eigenvalue weighted by Crippen LogP contribution is 2.39. The van der Waals surface area contributed by atoms with E-state index in [9.17, 15) is 0 Å². The van der Waals surface area contributed by atoms with Crippen LogP contribution in [0.15, 0.2) is 18.2 Å². The van der Waals surface area contributed by atoms with Crippen molar-refractivity contribution in [2.45, 2.75) is 38.6 Å². The van der Waals surface area contributed by atoms with Crippen molar-refractivity contribution in [1.82, 2.24) is 14.7 Å². The van der Waals surface area contributed by atoms with E-state index in [1.165, 1.54) is 30.5 Å². The number of fused-ring (bicyclic) bond motifs is 1. The van der Waals surface area contributed by atoms with E-state index in [4.69, 9.17) is 28.3 Å². The molecule has 4 rings (SSSR count). The van der Waals surface area contributed by atoms with Gasteiger partial charge in [0.05, 0.1) is 22.4 Å². The summed E-state index contributed by atoms with van der Waals surface area (Å²) in [7, 11) is 0. The number of rotatable bonds is 3. The lowest BCUT2D eigenvalue weighted by Crippen LogP contribution is -2.34. The lowest BCUT2D eigenvalue weighted by Gasteiger charge is -2.34. The minimum absolute atomic E-state index is 0.421. The van der Waals surface area contributed by atoms with Crippen LogP contribution in [0.1, 0.15) is 43.5 Å². The molecule has 6 heteroatoms. The number of nitrogens with zero attached hydrogens (tertiary/aromatic N) is 3. The average molecular weight is 365 g/mol. The highest BCUT2D eigenvalue weighted by molar-refractivity contribution is 6.35. The van der Waals surface area contributed by atoms with Gasteiger partial charge in [0.25, 0.3) is 0 Å². The van der Waals surface area contributed by atoms with Gasteiger partial charge in [-0.05, 0) is 50.6 Å². The van der Waals surface area contributed by atoms with Crippen LogP contribution in [0.25, 0.3) is 5.69 Å². The topological polar surface area (TPSA) is 33.1 Å². The fraction of sp³-hybridized carbons (Fsp3) is 0.500. The number of halogens is 2. The van der Waals surface area contributed by atoms with Crippen LogP contribution >= 0.6 is 23.2 Å². The SMILES string of the molecule is CCN1CCCCC1c1nn(-c2ccc(Cl)cc2Cl)c2c1CCN2. The number of nitrogens with one attached hydrogen (secondary N) is 1. The third kappa shape index (κ3) is 2.71. The van der Waals surface area contributed by atoms with Gasteiger partial charge in [0, 0.05) is 17.1 Å². The molecule has 3 heterocycles. The lowest BCUT2D eigenvalue weighted by atomic mass is 9.96. The first-order valence-electron chi connectivity index (χ1n) is 8.74. The van der Waals surface area contributed by atoms with E-state index in [1.807, 2.05) is 16.8 Å². The van der Waals surface area contributed by atoms with E-state index < -0.39 is 0 Å². The molecule has 0 aliphatic carbocycles. The highest BCUT2D eigenvalue weighted by Gasteiger charge is 2.32. The van der Waals surface area contributed by atoms with Crippen molar-refractivity contribution in [2.24, 2.45) is 0 Å². The molecule has 2 aliphatic rings. The van der Waals surface area contributed by atoms with Crippen LogP contribution in [0.2, 0.25) is 10.0 Å². The van der Waals surface area contributed by atoms with Crippen molar-refractivity contribution < 1.29 is 0 Å². The number of likely N-dealkylation sites (tertiary alicyclic amines) is 1. The summed E-state index contributed by atoms with van der Waals surface area (Å²) < 4.78 is 1.97. The van der Waals surface area contributed by atoms with Crippen LogP contribution in [-0.4, -0.2) is 34.3 Å². The van der Waals surface area contributed by atoms with Gasteiger partial charge in [-0.3, -0.25) is 4.90 Å². The Morgan fingerprint density at radius 2 is 2.17 bits per heavy atom. The molecule has 1 aromatic carbocycles. The maximum atomic E-state index is 6.43. The molecular formula is C18H22Cl2N4. The smallest absolute Gasteiger partial charge is 0.133 e. The summed E-state index contributed by atoms with van der Waals surface area (Å²) in [6.45, 7) is 5.44. The van der Waals surface area contributed by atoms with E-state index in [0.717, 1.165) is 37.6 Å². The van der Waals surface area contributed by atoms with E-state index in [0.29, 0.717) is 16.1 Å². The molecule has 4 nitrogen and oxygen atoms in total. The van der Waals surface area contributed by atoms with E-state index in [2.05, 4.69) is 17.1 Å². The largest absolute Gasteiger partial charge is 0.369 e. The van der Waals surface area contributed by atoms with Crippen LogP contribution in [0.3, 0.4) is 0 Å². The summed E-state index contributed by atoms with van der Waals surface area (Å²) in [5.74, 6) is 1.09. The predicted octanol–water partition coefficient (Wildman–Crippen LogP) is 4.69. The Morgan fingerprint density at radius 3 is 2.96 bits per heavy atom. The molecule has 128 valence electrons. The molecule has 0 saturated carbocycles. The zero-order valence-corrected chi connectivity index (χ0v) is 15.4. The number of benzene rings is 1. The molecule has 24 heavy (non-hydrogen) atoms. The molecule has 2 aliphatic heterocycles. The minimum atomic E-state index is 0.421. The van der Waals surface area contributed by atoms with Crippen LogP contribution in [0.4, 0.5) is 5.82 Å². The number of anilines is 1. The van der Waals surface area contributed by atoms with E-state index in [1.54, 1.807) is 6.07 Å². The van der Waals surface area contributed by atoms with Gasteiger partial charge in [-0.15, -0.1) is 0 Å². The highest BCUT2D eigenvalue weighted by atomic mass is 35.5. The third-order valence-corrected chi connectivity index (χ3v) is 5.69. The summed E-state index contributed by atoms with van der Waals surface area (Å²) in [5, 5.41) is 9.76. The fourth-order valence-electron chi connectivity index (χ4n) is 3.98. The van der Waals surface area contributed by atoms with Crippen molar-refractivity contribution in [3.63, 3.8) is 0 Å². The normalized spacial score (nSPS) is 20.9. The fourth-order valence-corrected chi connectivity index (χ4v) is 4.46. The standard InChI is InChI=1S/C18H22Cl2N4/c1-2-23-10-4-3-5-16(23)17-13-8-9-21-18(13)24(22-17)15-7-6-12(19)11-14(15)20/h6-7,11,16,21H,2-5,8-10H2,1H3. The molecule has 0 radical (unpaired) electrons. The first-order chi connectivity index (χ1) is 11.7. The molecule has 1 aromatic heterocycles. The Labute approximate surface area is 152 Å². The van der Waals surface area contributed by atoms with Gasteiger partial charge in [-0.1, -0.05) is 36.5 Å². The Bertz CT molecular complexity index is 756. The van der Waals surface area contributed by atoms with E-state index >= 15 is 0 Å². The number of hydrogen-bond donors (Lipinski definition) is 1. The van der Waals surface area contributed by atoms with Gasteiger partial charge in [0.15, 0.2) is 0 Å². The molecule has 1 fully saturated rings. The maximum absolute atomic E-state index is 6.43. The van der Waals surface area contributed by atoms with Crippen LogP contribution in [0.5, 0.6) is 0 Å². The molecule has 1 unspecified atom stereocenters.